The molecular formula is C12H17NO3S. The summed E-state index contributed by atoms with van der Waals surface area (Å²) in [6.07, 6.45) is 0. The number of carbonyl (C=O) groups is 1. The topological polar surface area (TPSA) is 49.8 Å². The molecule has 2 heterocycles. The molecule has 0 aromatic carbocycles. The van der Waals surface area contributed by atoms with Gasteiger partial charge in [-0.15, -0.1) is 11.3 Å². The van der Waals surface area contributed by atoms with Crippen LogP contribution in [0, 0.1) is 6.92 Å². The van der Waals surface area contributed by atoms with E-state index in [1.54, 1.807) is 0 Å². The van der Waals surface area contributed by atoms with Crippen LogP contribution in [-0.4, -0.2) is 41.3 Å². The molecule has 0 saturated carbocycles. The average molecular weight is 255 g/mol. The summed E-state index contributed by atoms with van der Waals surface area (Å²) in [5, 5.41) is 8.56. The van der Waals surface area contributed by atoms with E-state index in [2.05, 4.69) is 24.0 Å². The molecular weight excluding hydrogens is 238 g/mol. The van der Waals surface area contributed by atoms with E-state index in [0.717, 1.165) is 19.6 Å². The maximum Gasteiger partial charge on any atom is 0.329 e. The summed E-state index contributed by atoms with van der Waals surface area (Å²) in [6.45, 7) is 6.40. The zero-order valence-corrected chi connectivity index (χ0v) is 10.9. The molecule has 1 saturated heterocycles. The van der Waals surface area contributed by atoms with E-state index >= 15 is 0 Å². The van der Waals surface area contributed by atoms with Gasteiger partial charge in [-0.25, -0.2) is 4.79 Å². The van der Waals surface area contributed by atoms with Crippen LogP contribution >= 0.6 is 11.3 Å². The van der Waals surface area contributed by atoms with Gasteiger partial charge in [0.1, 0.15) is 6.61 Å². The molecule has 0 amide bonds. The van der Waals surface area contributed by atoms with E-state index in [0.29, 0.717) is 0 Å². The number of thiophene rings is 1. The second-order valence-electron chi connectivity index (χ2n) is 4.79. The molecule has 5 heteroatoms. The average Bonchev–Trinajstić information content (AvgIpc) is 2.59. The monoisotopic (exact) mass is 255 g/mol. The molecule has 1 aromatic rings. The first-order valence-electron chi connectivity index (χ1n) is 5.60. The van der Waals surface area contributed by atoms with E-state index < -0.39 is 5.97 Å². The van der Waals surface area contributed by atoms with Crippen molar-refractivity contribution in [2.24, 2.45) is 0 Å². The standard InChI is InChI=1S/C12H17NO3S/c1-9-3-4-10(17-9)5-13-7-12(2,8-13)16-6-11(14)15/h3-4H,5-8H2,1-2H3,(H,14,15). The highest BCUT2D eigenvalue weighted by atomic mass is 32.1. The molecule has 0 aliphatic carbocycles. The van der Waals surface area contributed by atoms with Crippen molar-refractivity contribution in [3.8, 4) is 0 Å². The fourth-order valence-corrected chi connectivity index (χ4v) is 3.06. The highest BCUT2D eigenvalue weighted by molar-refractivity contribution is 7.11. The summed E-state index contributed by atoms with van der Waals surface area (Å²) >= 11 is 1.81. The van der Waals surface area contributed by atoms with Crippen LogP contribution in [-0.2, 0) is 16.1 Å². The van der Waals surface area contributed by atoms with Crippen LogP contribution in [0.25, 0.3) is 0 Å². The Balaban J connectivity index is 1.76. The van der Waals surface area contributed by atoms with E-state index in [-0.39, 0.29) is 12.2 Å². The first-order valence-corrected chi connectivity index (χ1v) is 6.42. The van der Waals surface area contributed by atoms with Gasteiger partial charge in [-0.1, -0.05) is 0 Å². The van der Waals surface area contributed by atoms with Gasteiger partial charge in [0.05, 0.1) is 5.60 Å². The smallest absolute Gasteiger partial charge is 0.329 e. The van der Waals surface area contributed by atoms with E-state index in [1.165, 1.54) is 9.75 Å². The number of aryl methyl sites for hydroxylation is 1. The third-order valence-corrected chi connectivity index (χ3v) is 3.82. The summed E-state index contributed by atoms with van der Waals surface area (Å²) in [4.78, 5) is 15.4. The van der Waals surface area contributed by atoms with Gasteiger partial charge in [0.15, 0.2) is 0 Å². The molecule has 0 unspecified atom stereocenters. The van der Waals surface area contributed by atoms with Crippen molar-refractivity contribution in [3.05, 3.63) is 21.9 Å². The van der Waals surface area contributed by atoms with Gasteiger partial charge >= 0.3 is 5.97 Å². The van der Waals surface area contributed by atoms with Crippen molar-refractivity contribution in [2.45, 2.75) is 26.0 Å². The van der Waals surface area contributed by atoms with Crippen molar-refractivity contribution in [1.82, 2.24) is 4.90 Å². The second kappa shape index (κ2) is 4.76. The first-order chi connectivity index (χ1) is 7.97. The minimum atomic E-state index is -0.904. The Morgan fingerprint density at radius 1 is 1.59 bits per heavy atom. The van der Waals surface area contributed by atoms with Gasteiger partial charge in [-0.3, -0.25) is 4.90 Å². The molecule has 1 N–H and O–H groups in total. The van der Waals surface area contributed by atoms with Crippen molar-refractivity contribution >= 4 is 17.3 Å². The van der Waals surface area contributed by atoms with Crippen molar-refractivity contribution in [2.75, 3.05) is 19.7 Å². The SMILES string of the molecule is Cc1ccc(CN2CC(C)(OCC(=O)O)C2)s1. The number of carboxylic acids is 1. The Bertz CT molecular complexity index is 410. The van der Waals surface area contributed by atoms with E-state index in [1.807, 2.05) is 18.3 Å². The molecule has 0 bridgehead atoms. The number of rotatable bonds is 5. The predicted molar refractivity (Wildman–Crippen MR) is 66.3 cm³/mol. The van der Waals surface area contributed by atoms with Gasteiger partial charge in [0.2, 0.25) is 0 Å². The number of aliphatic carboxylic acids is 1. The molecule has 1 aliphatic rings. The van der Waals surface area contributed by atoms with Crippen molar-refractivity contribution in [3.63, 3.8) is 0 Å². The fraction of sp³-hybridized carbons (Fsp3) is 0.583. The lowest BCUT2D eigenvalue weighted by molar-refractivity contribution is -0.165. The normalized spacial score (nSPS) is 18.9. The lowest BCUT2D eigenvalue weighted by Gasteiger charge is -2.47. The Hall–Kier alpha value is -0.910. The molecule has 17 heavy (non-hydrogen) atoms. The molecule has 4 nitrogen and oxygen atoms in total. The molecule has 0 spiro atoms. The van der Waals surface area contributed by atoms with Crippen LogP contribution in [0.5, 0.6) is 0 Å². The number of hydrogen-bond donors (Lipinski definition) is 1. The predicted octanol–water partition coefficient (Wildman–Crippen LogP) is 1.73. The molecule has 1 aromatic heterocycles. The highest BCUT2D eigenvalue weighted by Gasteiger charge is 2.40. The third kappa shape index (κ3) is 3.28. The quantitative estimate of drug-likeness (QED) is 0.870. The van der Waals surface area contributed by atoms with Crippen LogP contribution in [0.2, 0.25) is 0 Å². The lowest BCUT2D eigenvalue weighted by Crippen LogP contribution is -2.61. The third-order valence-electron chi connectivity index (χ3n) is 2.84. The molecule has 1 aliphatic heterocycles. The number of nitrogens with zero attached hydrogens (tertiary/aromatic N) is 1. The van der Waals surface area contributed by atoms with E-state index in [4.69, 9.17) is 9.84 Å². The van der Waals surface area contributed by atoms with Crippen LogP contribution < -0.4 is 0 Å². The fourth-order valence-electron chi connectivity index (χ4n) is 2.13. The summed E-state index contributed by atoms with van der Waals surface area (Å²) in [5.41, 5.74) is -0.287. The van der Waals surface area contributed by atoms with Gasteiger partial charge in [0, 0.05) is 29.4 Å². The Morgan fingerprint density at radius 3 is 2.82 bits per heavy atom. The number of ether oxygens (including phenoxy) is 1. The number of carboxylic acid groups (broad SMARTS) is 1. The zero-order valence-electron chi connectivity index (χ0n) is 10.1. The van der Waals surface area contributed by atoms with Gasteiger partial charge < -0.3 is 9.84 Å². The van der Waals surface area contributed by atoms with Crippen LogP contribution in [0.3, 0.4) is 0 Å². The molecule has 94 valence electrons. The van der Waals surface area contributed by atoms with Crippen molar-refractivity contribution < 1.29 is 14.6 Å². The molecule has 2 rings (SSSR count). The summed E-state index contributed by atoms with van der Waals surface area (Å²) in [6, 6.07) is 4.27. The molecule has 0 radical (unpaired) electrons. The molecule has 1 fully saturated rings. The first kappa shape index (κ1) is 12.5. The summed E-state index contributed by atoms with van der Waals surface area (Å²) in [7, 11) is 0. The van der Waals surface area contributed by atoms with Crippen LogP contribution in [0.15, 0.2) is 12.1 Å². The van der Waals surface area contributed by atoms with Crippen LogP contribution in [0.4, 0.5) is 0 Å². The van der Waals surface area contributed by atoms with Crippen molar-refractivity contribution in [1.29, 1.82) is 0 Å². The minimum Gasteiger partial charge on any atom is -0.480 e. The number of likely N-dealkylation sites (tertiary alicyclic amines) is 1. The highest BCUT2D eigenvalue weighted by Crippen LogP contribution is 2.28. The molecule has 0 atom stereocenters. The maximum atomic E-state index is 10.4. The summed E-state index contributed by atoms with van der Waals surface area (Å²) < 4.78 is 5.36. The zero-order chi connectivity index (χ0) is 12.5. The summed E-state index contributed by atoms with van der Waals surface area (Å²) in [5.74, 6) is -0.904. The van der Waals surface area contributed by atoms with E-state index in [9.17, 15) is 4.79 Å². The van der Waals surface area contributed by atoms with Gasteiger partial charge in [-0.2, -0.15) is 0 Å². The lowest BCUT2D eigenvalue weighted by atomic mass is 9.96. The second-order valence-corrected chi connectivity index (χ2v) is 6.16. The Labute approximate surface area is 105 Å². The largest absolute Gasteiger partial charge is 0.480 e. The Morgan fingerprint density at radius 2 is 2.29 bits per heavy atom. The number of hydrogen-bond acceptors (Lipinski definition) is 4. The van der Waals surface area contributed by atoms with Gasteiger partial charge in [-0.05, 0) is 26.0 Å². The van der Waals surface area contributed by atoms with Gasteiger partial charge in [0.25, 0.3) is 0 Å². The Kier molecular flexibility index (Phi) is 3.51. The van der Waals surface area contributed by atoms with Crippen LogP contribution in [0.1, 0.15) is 16.7 Å². The minimum absolute atomic E-state index is 0.206. The maximum absolute atomic E-state index is 10.4.